The highest BCUT2D eigenvalue weighted by molar-refractivity contribution is 6.30. The molecule has 7 heteroatoms. The molecular formula is C19H20ClN3O3. The average molecular weight is 374 g/mol. The van der Waals surface area contributed by atoms with Crippen LogP contribution in [0.15, 0.2) is 53.6 Å². The normalized spacial score (nSPS) is 10.5. The van der Waals surface area contributed by atoms with Gasteiger partial charge in [0.25, 0.3) is 11.8 Å². The van der Waals surface area contributed by atoms with Crippen LogP contribution in [0.3, 0.4) is 0 Å². The highest BCUT2D eigenvalue weighted by Crippen LogP contribution is 2.12. The van der Waals surface area contributed by atoms with E-state index in [1.165, 1.54) is 6.21 Å². The van der Waals surface area contributed by atoms with Crippen molar-refractivity contribution >= 4 is 29.6 Å². The van der Waals surface area contributed by atoms with Crippen LogP contribution in [-0.2, 0) is 4.79 Å². The Morgan fingerprint density at radius 2 is 1.81 bits per heavy atom. The van der Waals surface area contributed by atoms with Crippen LogP contribution in [-0.4, -0.2) is 31.2 Å². The number of hydrazone groups is 1. The number of hydrogen-bond acceptors (Lipinski definition) is 4. The SMILES string of the molecule is CCCOc1ccc(C(=O)NCC(=O)N/N=C\c2ccc(Cl)cc2)cc1. The van der Waals surface area contributed by atoms with E-state index in [0.29, 0.717) is 22.9 Å². The van der Waals surface area contributed by atoms with Gasteiger partial charge in [-0.25, -0.2) is 5.43 Å². The van der Waals surface area contributed by atoms with Gasteiger partial charge in [-0.15, -0.1) is 0 Å². The summed E-state index contributed by atoms with van der Waals surface area (Å²) in [5, 5.41) is 6.98. The fraction of sp³-hybridized carbons (Fsp3) is 0.211. The highest BCUT2D eigenvalue weighted by atomic mass is 35.5. The van der Waals surface area contributed by atoms with Crippen LogP contribution in [0.25, 0.3) is 0 Å². The van der Waals surface area contributed by atoms with Gasteiger partial charge in [0.15, 0.2) is 0 Å². The molecule has 2 rings (SSSR count). The number of ether oxygens (including phenoxy) is 1. The lowest BCUT2D eigenvalue weighted by Gasteiger charge is -2.07. The molecule has 0 bridgehead atoms. The van der Waals surface area contributed by atoms with E-state index in [9.17, 15) is 9.59 Å². The Kier molecular flexibility index (Phi) is 7.64. The minimum absolute atomic E-state index is 0.176. The smallest absolute Gasteiger partial charge is 0.259 e. The Hall–Kier alpha value is -2.86. The second-order valence-electron chi connectivity index (χ2n) is 5.40. The van der Waals surface area contributed by atoms with Crippen LogP contribution < -0.4 is 15.5 Å². The number of rotatable bonds is 8. The van der Waals surface area contributed by atoms with Gasteiger partial charge in [-0.3, -0.25) is 9.59 Å². The molecule has 0 aliphatic heterocycles. The molecule has 136 valence electrons. The summed E-state index contributed by atoms with van der Waals surface area (Å²) in [6.45, 7) is 2.47. The van der Waals surface area contributed by atoms with Crippen molar-refractivity contribution < 1.29 is 14.3 Å². The number of carbonyl (C=O) groups excluding carboxylic acids is 2. The average Bonchev–Trinajstić information content (AvgIpc) is 2.66. The zero-order valence-corrected chi connectivity index (χ0v) is 15.1. The lowest BCUT2D eigenvalue weighted by atomic mass is 10.2. The lowest BCUT2D eigenvalue weighted by Crippen LogP contribution is -2.34. The molecule has 2 aromatic carbocycles. The standard InChI is InChI=1S/C19H20ClN3O3/c1-2-11-26-17-9-5-15(6-10-17)19(25)21-13-18(24)23-22-12-14-3-7-16(20)8-4-14/h3-10,12H,2,11,13H2,1H3,(H,21,25)(H,23,24)/b22-12-. The third-order valence-electron chi connectivity index (χ3n) is 3.27. The summed E-state index contributed by atoms with van der Waals surface area (Å²) in [6.07, 6.45) is 2.41. The molecule has 0 fully saturated rings. The van der Waals surface area contributed by atoms with Crippen molar-refractivity contribution in [2.24, 2.45) is 5.10 Å². The number of nitrogens with one attached hydrogen (secondary N) is 2. The Balaban J connectivity index is 1.75. The molecule has 0 radical (unpaired) electrons. The van der Waals surface area contributed by atoms with Crippen LogP contribution in [0.4, 0.5) is 0 Å². The largest absolute Gasteiger partial charge is 0.494 e. The van der Waals surface area contributed by atoms with Crippen molar-refractivity contribution in [1.29, 1.82) is 0 Å². The molecule has 0 atom stereocenters. The van der Waals surface area contributed by atoms with Gasteiger partial charge in [-0.1, -0.05) is 30.7 Å². The summed E-state index contributed by atoms with van der Waals surface area (Å²) < 4.78 is 5.46. The number of halogens is 1. The predicted octanol–water partition coefficient (Wildman–Crippen LogP) is 3.01. The van der Waals surface area contributed by atoms with E-state index in [1.807, 2.05) is 6.92 Å². The zero-order chi connectivity index (χ0) is 18.8. The Morgan fingerprint density at radius 1 is 1.12 bits per heavy atom. The van der Waals surface area contributed by atoms with Gasteiger partial charge in [0.1, 0.15) is 5.75 Å². The summed E-state index contributed by atoms with van der Waals surface area (Å²) >= 11 is 5.79. The zero-order valence-electron chi connectivity index (χ0n) is 14.4. The molecule has 2 amide bonds. The van der Waals surface area contributed by atoms with E-state index >= 15 is 0 Å². The van der Waals surface area contributed by atoms with Gasteiger partial charge in [0.2, 0.25) is 0 Å². The highest BCUT2D eigenvalue weighted by Gasteiger charge is 2.07. The topological polar surface area (TPSA) is 79.8 Å². The Labute approximate surface area is 157 Å². The van der Waals surface area contributed by atoms with Crippen molar-refractivity contribution in [3.8, 4) is 5.75 Å². The van der Waals surface area contributed by atoms with Crippen LogP contribution in [0.1, 0.15) is 29.3 Å². The minimum Gasteiger partial charge on any atom is -0.494 e. The first-order valence-corrected chi connectivity index (χ1v) is 8.55. The van der Waals surface area contributed by atoms with Gasteiger partial charge < -0.3 is 10.1 Å². The summed E-state index contributed by atoms with van der Waals surface area (Å²) in [6, 6.07) is 13.7. The number of nitrogens with zero attached hydrogens (tertiary/aromatic N) is 1. The first kappa shape index (κ1) is 19.5. The Morgan fingerprint density at radius 3 is 2.46 bits per heavy atom. The fourth-order valence-corrected chi connectivity index (χ4v) is 2.08. The maximum atomic E-state index is 12.0. The van der Waals surface area contributed by atoms with Gasteiger partial charge in [-0.2, -0.15) is 5.10 Å². The minimum atomic E-state index is -0.425. The molecule has 0 saturated carbocycles. The molecule has 0 heterocycles. The molecule has 0 aliphatic rings. The van der Waals surface area contributed by atoms with Crippen LogP contribution >= 0.6 is 11.6 Å². The number of carbonyl (C=O) groups is 2. The molecule has 2 aromatic rings. The third-order valence-corrected chi connectivity index (χ3v) is 3.52. The van der Waals surface area contributed by atoms with Crippen molar-refractivity contribution in [1.82, 2.24) is 10.7 Å². The van der Waals surface area contributed by atoms with Crippen molar-refractivity contribution in [2.75, 3.05) is 13.2 Å². The summed E-state index contributed by atoms with van der Waals surface area (Å²) in [5.41, 5.74) is 3.59. The van der Waals surface area contributed by atoms with E-state index in [1.54, 1.807) is 48.5 Å². The summed E-state index contributed by atoms with van der Waals surface area (Å²) in [7, 11) is 0. The molecule has 0 unspecified atom stereocenters. The molecule has 0 aliphatic carbocycles. The Bertz CT molecular complexity index is 759. The number of hydrogen-bond donors (Lipinski definition) is 2. The van der Waals surface area contributed by atoms with Gasteiger partial charge >= 0.3 is 0 Å². The second kappa shape index (κ2) is 10.2. The first-order valence-electron chi connectivity index (χ1n) is 8.17. The van der Waals surface area contributed by atoms with Gasteiger partial charge in [0, 0.05) is 10.6 Å². The molecule has 6 nitrogen and oxygen atoms in total. The van der Waals surface area contributed by atoms with E-state index in [-0.39, 0.29) is 12.5 Å². The number of amides is 2. The van der Waals surface area contributed by atoms with Crippen LogP contribution in [0.2, 0.25) is 5.02 Å². The van der Waals surface area contributed by atoms with Crippen LogP contribution in [0, 0.1) is 0 Å². The maximum Gasteiger partial charge on any atom is 0.259 e. The fourth-order valence-electron chi connectivity index (χ4n) is 1.95. The molecule has 26 heavy (non-hydrogen) atoms. The molecular weight excluding hydrogens is 354 g/mol. The first-order chi connectivity index (χ1) is 12.6. The summed E-state index contributed by atoms with van der Waals surface area (Å²) in [5.74, 6) is -0.0620. The third kappa shape index (κ3) is 6.57. The van der Waals surface area contributed by atoms with E-state index in [4.69, 9.17) is 16.3 Å². The van der Waals surface area contributed by atoms with Gasteiger partial charge in [0.05, 0.1) is 19.4 Å². The van der Waals surface area contributed by atoms with Crippen molar-refractivity contribution in [3.63, 3.8) is 0 Å². The van der Waals surface area contributed by atoms with E-state index in [0.717, 1.165) is 12.0 Å². The molecule has 0 spiro atoms. The second-order valence-corrected chi connectivity index (χ2v) is 5.84. The van der Waals surface area contributed by atoms with Crippen molar-refractivity contribution in [3.05, 3.63) is 64.7 Å². The summed E-state index contributed by atoms with van der Waals surface area (Å²) in [4.78, 5) is 23.7. The van der Waals surface area contributed by atoms with E-state index < -0.39 is 5.91 Å². The predicted molar refractivity (Wildman–Crippen MR) is 102 cm³/mol. The quantitative estimate of drug-likeness (QED) is 0.551. The van der Waals surface area contributed by atoms with Crippen LogP contribution in [0.5, 0.6) is 5.75 Å². The monoisotopic (exact) mass is 373 g/mol. The van der Waals surface area contributed by atoms with Crippen molar-refractivity contribution in [2.45, 2.75) is 13.3 Å². The number of benzene rings is 2. The molecule has 2 N–H and O–H groups in total. The van der Waals surface area contributed by atoms with E-state index in [2.05, 4.69) is 15.8 Å². The van der Waals surface area contributed by atoms with Gasteiger partial charge in [-0.05, 0) is 48.4 Å². The lowest BCUT2D eigenvalue weighted by molar-refractivity contribution is -0.120. The molecule has 0 saturated heterocycles. The maximum absolute atomic E-state index is 12.0. The molecule has 0 aromatic heterocycles.